The van der Waals surface area contributed by atoms with Crippen LogP contribution in [-0.4, -0.2) is 27.9 Å². The summed E-state index contributed by atoms with van der Waals surface area (Å²) in [6.45, 7) is 4.18. The second-order valence-electron chi connectivity index (χ2n) is 9.74. The van der Waals surface area contributed by atoms with E-state index >= 15 is 0 Å². The van der Waals surface area contributed by atoms with Gasteiger partial charge in [-0.15, -0.1) is 11.3 Å². The molecule has 1 heterocycles. The van der Waals surface area contributed by atoms with Crippen molar-refractivity contribution in [3.8, 4) is 17.0 Å². The van der Waals surface area contributed by atoms with E-state index in [2.05, 4.69) is 60.4 Å². The fourth-order valence-electron chi connectivity index (χ4n) is 4.27. The first-order valence-electron chi connectivity index (χ1n) is 13.2. The molecule has 1 saturated carbocycles. The van der Waals surface area contributed by atoms with E-state index in [9.17, 15) is 13.2 Å². The van der Waals surface area contributed by atoms with Gasteiger partial charge < -0.3 is 19.8 Å². The summed E-state index contributed by atoms with van der Waals surface area (Å²) in [6.07, 6.45) is -2.62. The molecule has 0 atom stereocenters. The lowest BCUT2D eigenvalue weighted by atomic mass is 10.1. The molecule has 1 aromatic heterocycles. The van der Waals surface area contributed by atoms with E-state index in [0.717, 1.165) is 53.0 Å². The summed E-state index contributed by atoms with van der Waals surface area (Å²) in [6, 6.07) is 22.0. The van der Waals surface area contributed by atoms with Crippen molar-refractivity contribution in [2.24, 2.45) is 0 Å². The first-order valence-corrected chi connectivity index (χ1v) is 14.1. The standard InChI is InChI=1S/C30H29F3N2OS.CH2O3/c1-2-17-35(29-34-28(20-37-29)25-9-13-26(14-10-25)30(31,32)33)18-21-3-5-22(6-4-21)19-36-27-15-11-24(12-16-27)23-7-8-23;2-1(3)4/h3-6,9-16,20,23H,2,7-8,17-19H2,1H3;(H2,2,3,4). The Morgan fingerprint density at radius 1 is 0.976 bits per heavy atom. The lowest BCUT2D eigenvalue weighted by Gasteiger charge is -2.21. The Morgan fingerprint density at radius 3 is 2.15 bits per heavy atom. The molecule has 1 aliphatic rings. The third-order valence-electron chi connectivity index (χ3n) is 6.49. The monoisotopic (exact) mass is 584 g/mol. The van der Waals surface area contributed by atoms with Crippen LogP contribution in [0.4, 0.5) is 23.1 Å². The van der Waals surface area contributed by atoms with Crippen LogP contribution in [0.1, 0.15) is 54.4 Å². The lowest BCUT2D eigenvalue weighted by Crippen LogP contribution is -2.23. The van der Waals surface area contributed by atoms with Crippen molar-refractivity contribution in [1.82, 2.24) is 4.98 Å². The highest BCUT2D eigenvalue weighted by Crippen LogP contribution is 2.40. The number of rotatable bonds is 10. The average Bonchev–Trinajstić information content (AvgIpc) is 3.68. The first-order chi connectivity index (χ1) is 19.6. The van der Waals surface area contributed by atoms with Gasteiger partial charge in [0.05, 0.1) is 11.3 Å². The molecule has 1 aliphatic carbocycles. The van der Waals surface area contributed by atoms with Crippen LogP contribution < -0.4 is 9.64 Å². The summed E-state index contributed by atoms with van der Waals surface area (Å²) >= 11 is 1.51. The smallest absolute Gasteiger partial charge is 0.489 e. The zero-order valence-electron chi connectivity index (χ0n) is 22.5. The van der Waals surface area contributed by atoms with Gasteiger partial charge in [0, 0.05) is 24.0 Å². The van der Waals surface area contributed by atoms with Gasteiger partial charge in [-0.05, 0) is 66.1 Å². The molecular weight excluding hydrogens is 553 g/mol. The van der Waals surface area contributed by atoms with Crippen LogP contribution in [0.3, 0.4) is 0 Å². The van der Waals surface area contributed by atoms with E-state index in [-0.39, 0.29) is 0 Å². The number of nitrogens with zero attached hydrogens (tertiary/aromatic N) is 2. The van der Waals surface area contributed by atoms with Crippen LogP contribution in [0.2, 0.25) is 0 Å². The summed E-state index contributed by atoms with van der Waals surface area (Å²) in [4.78, 5) is 15.5. The van der Waals surface area contributed by atoms with Gasteiger partial charge in [0.2, 0.25) is 0 Å². The number of carbonyl (C=O) groups is 1. The Labute approximate surface area is 240 Å². The van der Waals surface area contributed by atoms with Crippen LogP contribution in [0, 0.1) is 0 Å². The molecule has 0 unspecified atom stereocenters. The van der Waals surface area contributed by atoms with E-state index in [0.29, 0.717) is 24.4 Å². The van der Waals surface area contributed by atoms with Gasteiger partial charge in [-0.3, -0.25) is 0 Å². The van der Waals surface area contributed by atoms with Gasteiger partial charge in [-0.25, -0.2) is 9.78 Å². The molecule has 10 heteroatoms. The van der Waals surface area contributed by atoms with E-state index in [1.807, 2.05) is 5.38 Å². The van der Waals surface area contributed by atoms with Crippen molar-refractivity contribution in [1.29, 1.82) is 0 Å². The van der Waals surface area contributed by atoms with Gasteiger partial charge in [0.25, 0.3) is 0 Å². The van der Waals surface area contributed by atoms with Crippen molar-refractivity contribution >= 4 is 22.6 Å². The number of hydrogen-bond donors (Lipinski definition) is 2. The number of hydrogen-bond acceptors (Lipinski definition) is 5. The molecule has 1 fully saturated rings. The molecule has 216 valence electrons. The average molecular weight is 585 g/mol. The maximum absolute atomic E-state index is 12.9. The molecule has 5 rings (SSSR count). The Hall–Kier alpha value is -4.05. The highest BCUT2D eigenvalue weighted by molar-refractivity contribution is 7.14. The second-order valence-corrected chi connectivity index (χ2v) is 10.6. The zero-order chi connectivity index (χ0) is 29.4. The number of benzene rings is 3. The molecule has 0 saturated heterocycles. The molecule has 0 radical (unpaired) electrons. The first kappa shape index (κ1) is 29.9. The molecule has 0 bridgehead atoms. The van der Waals surface area contributed by atoms with Crippen LogP contribution in [0.25, 0.3) is 11.3 Å². The second kappa shape index (κ2) is 13.5. The van der Waals surface area contributed by atoms with E-state index in [4.69, 9.17) is 24.7 Å². The molecule has 6 nitrogen and oxygen atoms in total. The summed E-state index contributed by atoms with van der Waals surface area (Å²) in [5.41, 5.74) is 4.39. The Kier molecular flexibility index (Phi) is 9.88. The molecule has 0 spiro atoms. The van der Waals surface area contributed by atoms with Crippen LogP contribution in [-0.2, 0) is 19.3 Å². The number of aromatic nitrogens is 1. The number of carboxylic acid groups (broad SMARTS) is 2. The predicted molar refractivity (Wildman–Crippen MR) is 154 cm³/mol. The molecule has 0 amide bonds. The third-order valence-corrected chi connectivity index (χ3v) is 7.40. The van der Waals surface area contributed by atoms with E-state index < -0.39 is 17.9 Å². The fraction of sp³-hybridized carbons (Fsp3) is 0.290. The molecule has 2 N–H and O–H groups in total. The SMILES string of the molecule is CCCN(Cc1ccc(COc2ccc(C3CC3)cc2)cc1)c1nc(-c2ccc(C(F)(F)F)cc2)cs1.O=C(O)O. The van der Waals surface area contributed by atoms with Crippen molar-refractivity contribution in [3.63, 3.8) is 0 Å². The van der Waals surface area contributed by atoms with Crippen molar-refractivity contribution in [3.05, 3.63) is 100 Å². The van der Waals surface area contributed by atoms with Crippen LogP contribution in [0.5, 0.6) is 5.75 Å². The summed E-state index contributed by atoms with van der Waals surface area (Å²) < 4.78 is 44.6. The van der Waals surface area contributed by atoms with Crippen molar-refractivity contribution < 1.29 is 32.9 Å². The normalized spacial score (nSPS) is 12.8. The zero-order valence-corrected chi connectivity index (χ0v) is 23.3. The minimum atomic E-state index is -4.34. The van der Waals surface area contributed by atoms with Crippen LogP contribution >= 0.6 is 11.3 Å². The van der Waals surface area contributed by atoms with Gasteiger partial charge in [-0.2, -0.15) is 13.2 Å². The minimum Gasteiger partial charge on any atom is -0.489 e. The van der Waals surface area contributed by atoms with Crippen molar-refractivity contribution in [2.45, 2.75) is 51.4 Å². The molecule has 0 aliphatic heterocycles. The van der Waals surface area contributed by atoms with E-state index in [1.165, 1.54) is 41.9 Å². The van der Waals surface area contributed by atoms with Crippen LogP contribution in [0.15, 0.2) is 78.2 Å². The Bertz CT molecular complexity index is 1400. The molecular formula is C31H31F3N2O4S. The van der Waals surface area contributed by atoms with Gasteiger partial charge >= 0.3 is 12.3 Å². The largest absolute Gasteiger partial charge is 0.503 e. The van der Waals surface area contributed by atoms with Gasteiger partial charge in [0.1, 0.15) is 12.4 Å². The number of halogens is 3. The summed E-state index contributed by atoms with van der Waals surface area (Å²) in [5, 5.41) is 16.7. The topological polar surface area (TPSA) is 82.9 Å². The number of thiazole rings is 1. The fourth-order valence-corrected chi connectivity index (χ4v) is 5.13. The van der Waals surface area contributed by atoms with Gasteiger partial charge in [-0.1, -0.05) is 55.5 Å². The predicted octanol–water partition coefficient (Wildman–Crippen LogP) is 8.92. The highest BCUT2D eigenvalue weighted by Gasteiger charge is 2.30. The number of alkyl halides is 3. The van der Waals surface area contributed by atoms with E-state index in [1.54, 1.807) is 0 Å². The third kappa shape index (κ3) is 8.97. The highest BCUT2D eigenvalue weighted by atomic mass is 32.1. The van der Waals surface area contributed by atoms with Gasteiger partial charge in [0.15, 0.2) is 5.13 Å². The summed E-state index contributed by atoms with van der Waals surface area (Å²) in [5.74, 6) is 1.63. The molecule has 3 aromatic carbocycles. The maximum atomic E-state index is 12.9. The van der Waals surface area contributed by atoms with Crippen molar-refractivity contribution in [2.75, 3.05) is 11.4 Å². The Balaban J connectivity index is 0.000000909. The minimum absolute atomic E-state index is 0.519. The number of anilines is 1. The summed E-state index contributed by atoms with van der Waals surface area (Å²) in [7, 11) is 0. The molecule has 4 aromatic rings. The lowest BCUT2D eigenvalue weighted by molar-refractivity contribution is -0.137. The quantitative estimate of drug-likeness (QED) is 0.194. The maximum Gasteiger partial charge on any atom is 0.503 e. The molecule has 41 heavy (non-hydrogen) atoms. The Morgan fingerprint density at radius 2 is 1.59 bits per heavy atom. The number of ether oxygens (including phenoxy) is 1.